The summed E-state index contributed by atoms with van der Waals surface area (Å²) in [6.07, 6.45) is 4.90. The molecule has 110 heavy (non-hydrogen) atoms. The summed E-state index contributed by atoms with van der Waals surface area (Å²) < 4.78 is 4.20. The van der Waals surface area contributed by atoms with Crippen LogP contribution in [0.15, 0.2) is 230 Å². The van der Waals surface area contributed by atoms with Crippen molar-refractivity contribution in [1.29, 1.82) is 0 Å². The molecule has 27 heteroatoms. The van der Waals surface area contributed by atoms with Gasteiger partial charge in [0, 0.05) is 78.0 Å². The zero-order valence-corrected chi connectivity index (χ0v) is 65.7. The number of benzene rings is 8. The summed E-state index contributed by atoms with van der Waals surface area (Å²) in [6.45, 7) is 1.98. The van der Waals surface area contributed by atoms with Gasteiger partial charge in [-0.15, -0.1) is 79.4 Å². The topological polar surface area (TPSA) is 266 Å². The van der Waals surface area contributed by atoms with E-state index in [2.05, 4.69) is 37.2 Å². The second kappa shape index (κ2) is 34.9. The predicted molar refractivity (Wildman–Crippen MR) is 458 cm³/mol. The number of carboxylic acids is 4. The summed E-state index contributed by atoms with van der Waals surface area (Å²) >= 11 is 31.3. The van der Waals surface area contributed by atoms with E-state index >= 15 is 0 Å². The zero-order chi connectivity index (χ0) is 76.7. The van der Waals surface area contributed by atoms with Gasteiger partial charge in [-0.2, -0.15) is 0 Å². The largest absolute Gasteiger partial charge is 0.478 e. The second-order valence-corrected chi connectivity index (χ2v) is 32.6. The number of hydrogen-bond donors (Lipinski definition) is 8. The average Bonchev–Trinajstić information content (AvgIpc) is 1.67. The number of thiophene rings is 7. The maximum Gasteiger partial charge on any atom is 0.339 e. The first-order chi connectivity index (χ1) is 52.5. The number of hydrogen-bond acceptors (Lipinski definition) is 15. The highest BCUT2D eigenvalue weighted by molar-refractivity contribution is 9.10. The van der Waals surface area contributed by atoms with Gasteiger partial charge in [0.1, 0.15) is 22.3 Å². The molecule has 16 nitrogen and oxygen atoms in total. The van der Waals surface area contributed by atoms with Crippen LogP contribution in [0.25, 0.3) is 78.1 Å². The minimum Gasteiger partial charge on any atom is -0.478 e. The van der Waals surface area contributed by atoms with Crippen LogP contribution in [0.4, 0.5) is 22.7 Å². The van der Waals surface area contributed by atoms with Gasteiger partial charge in [0.2, 0.25) is 0 Å². The molecule has 7 aromatic heterocycles. The molecule has 0 atom stereocenters. The molecular formula is C83H56BrCl3N4O12S7. The Kier molecular flexibility index (Phi) is 25.0. The lowest BCUT2D eigenvalue weighted by Gasteiger charge is -2.08. The minimum absolute atomic E-state index is 0. The highest BCUT2D eigenvalue weighted by Crippen LogP contribution is 2.43. The van der Waals surface area contributed by atoms with Crippen LogP contribution in [0.3, 0.4) is 0 Å². The summed E-state index contributed by atoms with van der Waals surface area (Å²) in [7, 11) is 0. The van der Waals surface area contributed by atoms with Gasteiger partial charge >= 0.3 is 23.9 Å². The maximum absolute atomic E-state index is 12.7. The number of carboxylic acid groups (broad SMARTS) is 4. The Morgan fingerprint density at radius 2 is 0.727 bits per heavy atom. The molecule has 1 aliphatic rings. The van der Waals surface area contributed by atoms with E-state index in [-0.39, 0.29) is 59.0 Å². The molecule has 4 amide bonds. The van der Waals surface area contributed by atoms with E-state index in [1.54, 1.807) is 128 Å². The van der Waals surface area contributed by atoms with Crippen molar-refractivity contribution in [3.8, 4) is 41.8 Å². The number of allylic oxidation sites excluding steroid dienone is 1. The molecular weight excluding hydrogens is 1660 g/mol. The number of fused-ring (bicyclic) bond motifs is 4. The number of halogens is 4. The summed E-state index contributed by atoms with van der Waals surface area (Å²) in [5.74, 6) is -5.72. The van der Waals surface area contributed by atoms with Gasteiger partial charge in [0.05, 0.1) is 47.3 Å². The first kappa shape index (κ1) is 78.9. The van der Waals surface area contributed by atoms with E-state index in [4.69, 9.17) is 34.8 Å². The Hall–Kier alpha value is -10.7. The minimum atomic E-state index is -1.15. The number of aromatic carboxylic acids is 4. The summed E-state index contributed by atoms with van der Waals surface area (Å²) in [5.41, 5.74) is 9.60. The van der Waals surface area contributed by atoms with Gasteiger partial charge in [-0.05, 0) is 195 Å². The van der Waals surface area contributed by atoms with Crippen LogP contribution < -0.4 is 21.3 Å². The van der Waals surface area contributed by atoms with Gasteiger partial charge in [-0.25, -0.2) is 19.2 Å². The van der Waals surface area contributed by atoms with Gasteiger partial charge in [0.25, 0.3) is 23.6 Å². The SMILES string of the molecule is C.Cc1ccc(-c2scc(NC(=O)c3ccc4sccc4c3)c2C(=O)O)cc1.O=C(Nc1csc(-c2ccc(Br)cc2)c1C(=O)O)c1ccc2sccc2c1.O=C(Nc1csc(-c2ccc(Cl)cc2)c1C(=O)O)c1ccc2c(c1)C=CC2.O=C(Nc1csc(-c2ccc(Cl)cc2Cl)c1C(=O)O)c1ccc2sccc2c1. The average molecular weight is 1710 g/mol. The third kappa shape index (κ3) is 17.9. The fourth-order valence-electron chi connectivity index (χ4n) is 11.6. The third-order valence-electron chi connectivity index (χ3n) is 16.9. The van der Waals surface area contributed by atoms with Crippen LogP contribution in [0, 0.1) is 6.92 Å². The van der Waals surface area contributed by atoms with Crippen LogP contribution in [0.2, 0.25) is 15.1 Å². The molecule has 8 aromatic carbocycles. The second-order valence-electron chi connectivity index (χ2n) is 24.0. The number of aryl methyl sites for hydroxylation is 1. The molecule has 0 saturated carbocycles. The molecule has 550 valence electrons. The molecule has 0 radical (unpaired) electrons. The first-order valence-corrected chi connectivity index (χ1v) is 40.5. The molecule has 0 spiro atoms. The summed E-state index contributed by atoms with van der Waals surface area (Å²) in [6, 6.07) is 54.5. The number of carbonyl (C=O) groups excluding carboxylic acids is 4. The van der Waals surface area contributed by atoms with Crippen molar-refractivity contribution in [3.05, 3.63) is 306 Å². The van der Waals surface area contributed by atoms with E-state index in [9.17, 15) is 58.8 Å². The van der Waals surface area contributed by atoms with Crippen LogP contribution in [0.1, 0.15) is 107 Å². The Bertz CT molecular complexity index is 5930. The number of carbonyl (C=O) groups is 8. The Morgan fingerprint density at radius 3 is 1.12 bits per heavy atom. The van der Waals surface area contributed by atoms with E-state index in [1.807, 2.05) is 144 Å². The fraction of sp³-hybridized carbons (Fsp3) is 0.0361. The van der Waals surface area contributed by atoms with Crippen molar-refractivity contribution in [2.24, 2.45) is 0 Å². The quantitative estimate of drug-likeness (QED) is 0.0449. The monoisotopic (exact) mass is 1710 g/mol. The van der Waals surface area contributed by atoms with Crippen molar-refractivity contribution in [2.45, 2.75) is 20.8 Å². The molecule has 15 aromatic rings. The predicted octanol–water partition coefficient (Wildman–Crippen LogP) is 25.3. The molecule has 0 unspecified atom stereocenters. The van der Waals surface area contributed by atoms with Crippen LogP contribution in [-0.4, -0.2) is 67.9 Å². The summed E-state index contributed by atoms with van der Waals surface area (Å²) in [4.78, 5) is 100. The number of amides is 4. The number of nitrogens with one attached hydrogen (secondary N) is 4. The molecule has 8 N–H and O–H groups in total. The van der Waals surface area contributed by atoms with Gasteiger partial charge < -0.3 is 41.7 Å². The first-order valence-electron chi connectivity index (χ1n) is 32.4. The molecule has 7 heterocycles. The third-order valence-corrected chi connectivity index (χ3v) is 25.0. The molecule has 0 bridgehead atoms. The summed E-state index contributed by atoms with van der Waals surface area (Å²) in [5, 5.41) is 66.6. The van der Waals surface area contributed by atoms with E-state index < -0.39 is 23.9 Å². The molecule has 16 rings (SSSR count). The molecule has 0 saturated heterocycles. The van der Waals surface area contributed by atoms with Crippen molar-refractivity contribution in [3.63, 3.8) is 0 Å². The normalized spacial score (nSPS) is 11.1. The lowest BCUT2D eigenvalue weighted by Crippen LogP contribution is -2.14. The van der Waals surface area contributed by atoms with Crippen LogP contribution >= 0.6 is 130 Å². The smallest absolute Gasteiger partial charge is 0.339 e. The Balaban J connectivity index is 0.000000136. The van der Waals surface area contributed by atoms with Crippen molar-refractivity contribution < 1.29 is 58.8 Å². The number of anilines is 4. The van der Waals surface area contributed by atoms with Crippen LogP contribution in [0.5, 0.6) is 0 Å². The lowest BCUT2D eigenvalue weighted by molar-refractivity contribution is 0.0688. The molecule has 0 aliphatic heterocycles. The lowest BCUT2D eigenvalue weighted by atomic mass is 10.1. The standard InChI is InChI=1S/C21H14ClNO3S.C21H15NO3S2.C20H12BrNO3S2.C20H11Cl2NO3S2.CH4/c22-16-8-6-13(7-9-16)19-18(21(25)26)17(11-27-19)23-20(24)15-5-4-12-2-1-3-14(12)10-15;1-12-2-4-13(5-3-12)19-18(21(24)25)16(11-27-19)22-20(23)15-6-7-17-14(10-15)8-9-26-17;21-14-4-1-11(2-5-14)18-17(20(24)25)15(10-27-18)22-19(23)13-3-6-16-12(9-13)7-8-26-16;21-12-2-3-13(14(22)8-12)18-17(20(25)26)15(9-28-18)23-19(24)11-1-4-16-10(7-11)5-6-27-16;/h1,3-11H,2H2,(H,23,24)(H,25,26);2-11H,1H3,(H,22,23)(H,24,25);1-10H,(H,22,23)(H,24,25);1-9H,(H,23,24)(H,25,26);1H4. The van der Waals surface area contributed by atoms with Gasteiger partial charge in [-0.1, -0.05) is 137 Å². The van der Waals surface area contributed by atoms with Gasteiger partial charge in [-0.3, -0.25) is 19.2 Å². The van der Waals surface area contributed by atoms with Crippen LogP contribution in [-0.2, 0) is 6.42 Å². The van der Waals surface area contributed by atoms with Crippen molar-refractivity contribution in [1.82, 2.24) is 0 Å². The van der Waals surface area contributed by atoms with E-state index in [0.29, 0.717) is 79.5 Å². The van der Waals surface area contributed by atoms with Crippen molar-refractivity contribution in [2.75, 3.05) is 21.3 Å². The van der Waals surface area contributed by atoms with E-state index in [0.717, 1.165) is 69.0 Å². The fourth-order valence-corrected chi connectivity index (χ4v) is 18.9. The number of rotatable bonds is 16. The molecule has 1 aliphatic carbocycles. The zero-order valence-electron chi connectivity index (χ0n) is 56.1. The Morgan fingerprint density at radius 1 is 0.382 bits per heavy atom. The van der Waals surface area contributed by atoms with Gasteiger partial charge in [0.15, 0.2) is 0 Å². The van der Waals surface area contributed by atoms with Crippen molar-refractivity contribution >= 4 is 237 Å². The Labute approximate surface area is 679 Å². The van der Waals surface area contributed by atoms with E-state index in [1.165, 1.54) is 50.9 Å². The highest BCUT2D eigenvalue weighted by atomic mass is 79.9. The highest BCUT2D eigenvalue weighted by Gasteiger charge is 2.27. The molecule has 0 fully saturated rings. The maximum atomic E-state index is 12.7.